The maximum Gasteiger partial charge on any atom is 0.420 e. The first-order valence-electron chi connectivity index (χ1n) is 18.5. The normalized spacial score (nSPS) is 12.1. The van der Waals surface area contributed by atoms with Gasteiger partial charge in [-0.3, -0.25) is 0 Å². The van der Waals surface area contributed by atoms with Gasteiger partial charge in [-0.05, 0) is 64.2 Å². The Balaban J connectivity index is 1.41. The molecule has 288 valence electrons. The van der Waals surface area contributed by atoms with Gasteiger partial charge in [0.2, 0.25) is 5.82 Å². The number of alkyl halides is 3. The van der Waals surface area contributed by atoms with Crippen molar-refractivity contribution in [2.45, 2.75) is 6.18 Å². The lowest BCUT2D eigenvalue weighted by Gasteiger charge is -2.23. The van der Waals surface area contributed by atoms with Crippen LogP contribution >= 0.6 is 0 Å². The molecular weight excluding hydrogens is 769 g/mol. The van der Waals surface area contributed by atoms with Crippen LogP contribution in [0.15, 0.2) is 158 Å². The van der Waals surface area contributed by atoms with Crippen molar-refractivity contribution in [3.8, 4) is 44.8 Å². The van der Waals surface area contributed by atoms with Gasteiger partial charge in [0.1, 0.15) is 5.56 Å². The minimum Gasteiger partial charge on any atom is -0.309 e. The van der Waals surface area contributed by atoms with E-state index in [0.717, 1.165) is 23.3 Å². The Morgan fingerprint density at radius 3 is 1.12 bits per heavy atom. The highest BCUT2D eigenvalue weighted by Gasteiger charge is 2.40. The van der Waals surface area contributed by atoms with Gasteiger partial charge in [-0.1, -0.05) is 121 Å². The Morgan fingerprint density at radius 1 is 0.322 bits per heavy atom. The molecule has 0 aliphatic heterocycles. The minimum absolute atomic E-state index is 0.312. The summed E-state index contributed by atoms with van der Waals surface area (Å²) in [5.41, 5.74) is -0.267. The third-order valence-electron chi connectivity index (χ3n) is 10.9. The number of hydrogen-bond donors (Lipinski definition) is 0. The topological polar surface area (TPSA) is 9.86 Å². The summed E-state index contributed by atoms with van der Waals surface area (Å²) >= 11 is 0. The summed E-state index contributed by atoms with van der Waals surface area (Å²) in [6, 6.07) is 44.3. The molecule has 8 aromatic carbocycles. The standard InChI is InChI=1S/C49H26F8N2/c50-44-42(45(51)47(53)48(54)46(44)52)31-25-40(58-36-17-9-7-15-32(36)34-21-19-29(23-38(34)58)27-11-3-1-4-12-27)43(49(55,56)57)41(26-31)59-37-18-10-8-16-33(37)35-22-20-30(24-39(35)59)28-13-5-2-6-14-28/h1-26H. The number of fused-ring (bicyclic) bond motifs is 6. The number of para-hydroxylation sites is 2. The molecule has 0 radical (unpaired) electrons. The summed E-state index contributed by atoms with van der Waals surface area (Å²) < 4.78 is 128. The lowest BCUT2D eigenvalue weighted by atomic mass is 9.97. The van der Waals surface area contributed by atoms with Crippen LogP contribution in [0.3, 0.4) is 0 Å². The van der Waals surface area contributed by atoms with E-state index in [1.165, 1.54) is 9.13 Å². The third kappa shape index (κ3) is 5.61. The van der Waals surface area contributed by atoms with Crippen LogP contribution < -0.4 is 0 Å². The zero-order valence-electron chi connectivity index (χ0n) is 30.4. The molecule has 2 nitrogen and oxygen atoms in total. The van der Waals surface area contributed by atoms with Gasteiger partial charge < -0.3 is 9.13 Å². The van der Waals surface area contributed by atoms with Gasteiger partial charge in [-0.15, -0.1) is 0 Å². The SMILES string of the molecule is Fc1c(F)c(F)c(-c2cc(-n3c4ccccc4c4ccc(-c5ccccc5)cc43)c(C(F)(F)F)c(-n3c4ccccc4c4ccc(-c5ccccc5)cc43)c2)c(F)c1F. The van der Waals surface area contributed by atoms with E-state index >= 15 is 30.7 Å². The zero-order chi connectivity index (χ0) is 40.7. The molecular formula is C49H26F8N2. The fourth-order valence-electron chi connectivity index (χ4n) is 8.34. The third-order valence-corrected chi connectivity index (χ3v) is 10.9. The van der Waals surface area contributed by atoms with E-state index in [1.807, 2.05) is 72.8 Å². The van der Waals surface area contributed by atoms with Crippen LogP contribution in [0, 0.1) is 29.1 Å². The maximum absolute atomic E-state index is 16.3. The molecule has 2 aromatic heterocycles. The van der Waals surface area contributed by atoms with Gasteiger partial charge in [0.15, 0.2) is 23.3 Å². The van der Waals surface area contributed by atoms with Crippen LogP contribution in [0.4, 0.5) is 35.1 Å². The molecule has 0 aliphatic carbocycles. The van der Waals surface area contributed by atoms with Crippen LogP contribution in [0.5, 0.6) is 0 Å². The number of aromatic nitrogens is 2. The van der Waals surface area contributed by atoms with Crippen molar-refractivity contribution in [1.82, 2.24) is 9.13 Å². The molecule has 0 aliphatic rings. The van der Waals surface area contributed by atoms with E-state index < -0.39 is 63.3 Å². The number of rotatable bonds is 5. The second-order valence-corrected chi connectivity index (χ2v) is 14.2. The molecule has 0 bridgehead atoms. The second-order valence-electron chi connectivity index (χ2n) is 14.2. The Kier molecular flexibility index (Phi) is 8.24. The van der Waals surface area contributed by atoms with Crippen molar-refractivity contribution < 1.29 is 35.1 Å². The summed E-state index contributed by atoms with van der Waals surface area (Å²) in [4.78, 5) is 0. The molecule has 0 amide bonds. The molecule has 0 saturated heterocycles. The average molecular weight is 795 g/mol. The summed E-state index contributed by atoms with van der Waals surface area (Å²) in [6.07, 6.45) is -5.15. The van der Waals surface area contributed by atoms with E-state index in [9.17, 15) is 4.39 Å². The van der Waals surface area contributed by atoms with E-state index in [-0.39, 0.29) is 0 Å². The summed E-state index contributed by atoms with van der Waals surface area (Å²) in [7, 11) is 0. The first-order chi connectivity index (χ1) is 28.5. The number of benzene rings is 8. The van der Waals surface area contributed by atoms with Crippen LogP contribution in [0.1, 0.15) is 5.56 Å². The van der Waals surface area contributed by atoms with Gasteiger partial charge in [0.25, 0.3) is 0 Å². The Bertz CT molecular complexity index is 3100. The van der Waals surface area contributed by atoms with E-state index in [0.29, 0.717) is 54.7 Å². The molecule has 59 heavy (non-hydrogen) atoms. The summed E-state index contributed by atoms with van der Waals surface area (Å²) in [6.45, 7) is 0. The van der Waals surface area contributed by atoms with E-state index in [4.69, 9.17) is 0 Å². The molecule has 0 unspecified atom stereocenters. The Morgan fingerprint density at radius 2 is 0.695 bits per heavy atom. The van der Waals surface area contributed by atoms with Gasteiger partial charge in [0.05, 0.1) is 39.0 Å². The molecule has 0 fully saturated rings. The van der Waals surface area contributed by atoms with E-state index in [1.54, 1.807) is 72.8 Å². The Labute approximate surface area is 330 Å². The predicted molar refractivity (Wildman–Crippen MR) is 216 cm³/mol. The highest BCUT2D eigenvalue weighted by Crippen LogP contribution is 2.47. The minimum atomic E-state index is -5.15. The Hall–Kier alpha value is -7.20. The van der Waals surface area contributed by atoms with Crippen molar-refractivity contribution in [1.29, 1.82) is 0 Å². The molecule has 0 saturated carbocycles. The molecule has 0 N–H and O–H groups in total. The predicted octanol–water partition coefficient (Wildman–Crippen LogP) is 14.6. The fraction of sp³-hybridized carbons (Fsp3) is 0.0204. The van der Waals surface area contributed by atoms with Crippen LogP contribution in [-0.4, -0.2) is 9.13 Å². The number of nitrogens with zero attached hydrogens (tertiary/aromatic N) is 2. The molecule has 0 spiro atoms. The highest BCUT2D eigenvalue weighted by molar-refractivity contribution is 6.12. The lowest BCUT2D eigenvalue weighted by Crippen LogP contribution is -2.16. The maximum atomic E-state index is 16.3. The van der Waals surface area contributed by atoms with Crippen LogP contribution in [0.2, 0.25) is 0 Å². The van der Waals surface area contributed by atoms with Gasteiger partial charge >= 0.3 is 6.18 Å². The van der Waals surface area contributed by atoms with E-state index in [2.05, 4.69) is 0 Å². The van der Waals surface area contributed by atoms with Crippen LogP contribution in [0.25, 0.3) is 88.4 Å². The van der Waals surface area contributed by atoms with Crippen molar-refractivity contribution in [2.24, 2.45) is 0 Å². The fourth-order valence-corrected chi connectivity index (χ4v) is 8.34. The van der Waals surface area contributed by atoms with Gasteiger partial charge in [-0.2, -0.15) is 13.2 Å². The molecule has 0 atom stereocenters. The highest BCUT2D eigenvalue weighted by atomic mass is 19.4. The second kappa shape index (κ2) is 13.4. The molecule has 2 heterocycles. The summed E-state index contributed by atoms with van der Waals surface area (Å²) in [5.74, 6) is -11.2. The zero-order valence-corrected chi connectivity index (χ0v) is 30.4. The van der Waals surface area contributed by atoms with Crippen LogP contribution in [-0.2, 0) is 6.18 Å². The van der Waals surface area contributed by atoms with Crippen molar-refractivity contribution in [2.75, 3.05) is 0 Å². The van der Waals surface area contributed by atoms with Crippen molar-refractivity contribution in [3.63, 3.8) is 0 Å². The first-order valence-corrected chi connectivity index (χ1v) is 18.5. The quantitative estimate of drug-likeness (QED) is 0.0933. The average Bonchev–Trinajstić information content (AvgIpc) is 3.77. The largest absolute Gasteiger partial charge is 0.420 e. The smallest absolute Gasteiger partial charge is 0.309 e. The van der Waals surface area contributed by atoms with Crippen molar-refractivity contribution >= 4 is 43.6 Å². The lowest BCUT2D eigenvalue weighted by molar-refractivity contribution is -0.137. The molecule has 10 heteroatoms. The first kappa shape index (κ1) is 36.2. The van der Waals surface area contributed by atoms with Gasteiger partial charge in [-0.25, -0.2) is 22.0 Å². The number of hydrogen-bond acceptors (Lipinski definition) is 0. The van der Waals surface area contributed by atoms with Crippen molar-refractivity contribution in [3.05, 3.63) is 192 Å². The summed E-state index contributed by atoms with van der Waals surface area (Å²) in [5, 5.41) is 2.28. The molecule has 10 rings (SSSR count). The monoisotopic (exact) mass is 794 g/mol. The molecule has 10 aromatic rings. The number of halogens is 8. The van der Waals surface area contributed by atoms with Gasteiger partial charge in [0, 0.05) is 21.5 Å².